The summed E-state index contributed by atoms with van der Waals surface area (Å²) < 4.78 is 13.3. The fraction of sp³-hybridized carbons (Fsp3) is 0.400. The van der Waals surface area contributed by atoms with Gasteiger partial charge in [0, 0.05) is 12.2 Å². The number of anilines is 1. The zero-order valence-electron chi connectivity index (χ0n) is 20.1. The molecule has 0 bridgehead atoms. The van der Waals surface area contributed by atoms with Gasteiger partial charge >= 0.3 is 0 Å². The van der Waals surface area contributed by atoms with Crippen molar-refractivity contribution in [1.29, 1.82) is 0 Å². The Morgan fingerprint density at radius 1 is 1.03 bits per heavy atom. The van der Waals surface area contributed by atoms with Crippen molar-refractivity contribution in [2.75, 3.05) is 18.2 Å². The van der Waals surface area contributed by atoms with Crippen LogP contribution >= 0.6 is 11.8 Å². The Kier molecular flexibility index (Phi) is 8.38. The number of nitrogens with zero attached hydrogens (tertiary/aromatic N) is 3. The minimum absolute atomic E-state index is 0.0774. The van der Waals surface area contributed by atoms with Crippen LogP contribution < -0.4 is 14.8 Å². The van der Waals surface area contributed by atoms with Crippen LogP contribution in [0, 0.1) is 19.8 Å². The van der Waals surface area contributed by atoms with Gasteiger partial charge in [0.25, 0.3) is 0 Å². The average molecular weight is 469 g/mol. The minimum Gasteiger partial charge on any atom is -0.497 e. The highest BCUT2D eigenvalue weighted by Crippen LogP contribution is 2.27. The highest BCUT2D eigenvalue weighted by Gasteiger charge is 2.21. The first kappa shape index (κ1) is 24.6. The van der Waals surface area contributed by atoms with E-state index >= 15 is 0 Å². The van der Waals surface area contributed by atoms with E-state index in [1.807, 2.05) is 60.9 Å². The summed E-state index contributed by atoms with van der Waals surface area (Å²) in [6, 6.07) is 13.4. The Morgan fingerprint density at radius 3 is 2.36 bits per heavy atom. The second-order valence-corrected chi connectivity index (χ2v) is 9.36. The van der Waals surface area contributed by atoms with E-state index in [1.54, 1.807) is 7.11 Å². The molecule has 0 spiro atoms. The predicted octanol–water partition coefficient (Wildman–Crippen LogP) is 5.43. The normalized spacial score (nSPS) is 12.0. The van der Waals surface area contributed by atoms with Gasteiger partial charge in [0.05, 0.1) is 12.9 Å². The van der Waals surface area contributed by atoms with Gasteiger partial charge < -0.3 is 19.4 Å². The van der Waals surface area contributed by atoms with Gasteiger partial charge in [-0.3, -0.25) is 4.79 Å². The second kappa shape index (κ2) is 11.2. The van der Waals surface area contributed by atoms with Crippen LogP contribution in [0.5, 0.6) is 11.5 Å². The number of aromatic nitrogens is 3. The van der Waals surface area contributed by atoms with Crippen molar-refractivity contribution < 1.29 is 14.3 Å². The highest BCUT2D eigenvalue weighted by molar-refractivity contribution is 7.99. The molecular formula is C25H32N4O3S. The lowest BCUT2D eigenvalue weighted by Crippen LogP contribution is -2.17. The number of carbonyl (C=O) groups is 1. The summed E-state index contributed by atoms with van der Waals surface area (Å²) in [6.07, 6.45) is -0.302. The lowest BCUT2D eigenvalue weighted by molar-refractivity contribution is -0.113. The summed E-state index contributed by atoms with van der Waals surface area (Å²) >= 11 is 1.38. The Hall–Kier alpha value is -3.00. The van der Waals surface area contributed by atoms with Gasteiger partial charge in [-0.15, -0.1) is 10.2 Å². The fourth-order valence-electron chi connectivity index (χ4n) is 3.30. The predicted molar refractivity (Wildman–Crippen MR) is 132 cm³/mol. The van der Waals surface area contributed by atoms with Crippen molar-refractivity contribution in [2.24, 2.45) is 5.92 Å². The molecule has 0 radical (unpaired) electrons. The highest BCUT2D eigenvalue weighted by atomic mass is 32.2. The number of benzene rings is 2. The largest absolute Gasteiger partial charge is 0.497 e. The molecule has 1 unspecified atom stereocenters. The van der Waals surface area contributed by atoms with Crippen LogP contribution in [0.25, 0.3) is 0 Å². The summed E-state index contributed by atoms with van der Waals surface area (Å²) in [6.45, 7) is 11.0. The molecule has 176 valence electrons. The van der Waals surface area contributed by atoms with Crippen LogP contribution in [-0.2, 0) is 11.3 Å². The van der Waals surface area contributed by atoms with Crippen molar-refractivity contribution in [1.82, 2.24) is 14.8 Å². The van der Waals surface area contributed by atoms with Crippen LogP contribution in [0.4, 0.5) is 5.69 Å². The number of thioether (sulfide) groups is 1. The molecule has 1 N–H and O–H groups in total. The number of hydrogen-bond acceptors (Lipinski definition) is 6. The molecule has 2 aromatic carbocycles. The van der Waals surface area contributed by atoms with Crippen molar-refractivity contribution in [2.45, 2.75) is 52.4 Å². The average Bonchev–Trinajstić information content (AvgIpc) is 3.17. The first-order valence-corrected chi connectivity index (χ1v) is 12.0. The van der Waals surface area contributed by atoms with E-state index in [-0.39, 0.29) is 17.8 Å². The molecule has 33 heavy (non-hydrogen) atoms. The third-order valence-corrected chi connectivity index (χ3v) is 6.12. The minimum atomic E-state index is -0.302. The maximum atomic E-state index is 12.5. The van der Waals surface area contributed by atoms with E-state index in [2.05, 4.69) is 36.3 Å². The van der Waals surface area contributed by atoms with E-state index < -0.39 is 0 Å². The second-order valence-electron chi connectivity index (χ2n) is 8.42. The fourth-order valence-corrected chi connectivity index (χ4v) is 4.06. The third-order valence-electron chi connectivity index (χ3n) is 5.15. The van der Waals surface area contributed by atoms with E-state index in [1.165, 1.54) is 17.3 Å². The van der Waals surface area contributed by atoms with Crippen LogP contribution in [0.1, 0.15) is 43.8 Å². The number of rotatable bonds is 10. The lowest BCUT2D eigenvalue weighted by atomic mass is 10.1. The molecule has 0 saturated carbocycles. The molecule has 0 aliphatic rings. The topological polar surface area (TPSA) is 78.3 Å². The van der Waals surface area contributed by atoms with Gasteiger partial charge in [0.15, 0.2) is 17.1 Å². The smallest absolute Gasteiger partial charge is 0.234 e. The van der Waals surface area contributed by atoms with Crippen molar-refractivity contribution in [3.8, 4) is 11.5 Å². The molecule has 1 heterocycles. The lowest BCUT2D eigenvalue weighted by Gasteiger charge is -2.18. The van der Waals surface area contributed by atoms with Crippen LogP contribution in [0.2, 0.25) is 0 Å². The van der Waals surface area contributed by atoms with Crippen molar-refractivity contribution >= 4 is 23.4 Å². The molecule has 8 heteroatoms. The standard InChI is InChI=1S/C25H32N4O3S/c1-16(2)14-29-24(19(5)32-22-11-9-21(31-6)10-12-22)27-28-25(29)33-15-23(30)26-20-8-7-17(3)18(4)13-20/h7-13,16,19H,14-15H2,1-6H3,(H,26,30). The zero-order chi connectivity index (χ0) is 24.0. The number of nitrogens with one attached hydrogen (secondary N) is 1. The summed E-state index contributed by atoms with van der Waals surface area (Å²) in [7, 11) is 1.63. The third kappa shape index (κ3) is 6.74. The van der Waals surface area contributed by atoms with Crippen LogP contribution in [0.3, 0.4) is 0 Å². The van der Waals surface area contributed by atoms with E-state index in [9.17, 15) is 4.79 Å². The Morgan fingerprint density at radius 2 is 1.73 bits per heavy atom. The first-order chi connectivity index (χ1) is 15.8. The maximum Gasteiger partial charge on any atom is 0.234 e. The van der Waals surface area contributed by atoms with Crippen molar-refractivity contribution in [3.05, 3.63) is 59.4 Å². The molecule has 1 atom stereocenters. The van der Waals surface area contributed by atoms with E-state index in [0.29, 0.717) is 11.1 Å². The summed E-state index contributed by atoms with van der Waals surface area (Å²) in [5.74, 6) is 2.79. The number of carbonyl (C=O) groups excluding carboxylic acids is 1. The van der Waals surface area contributed by atoms with E-state index in [0.717, 1.165) is 35.1 Å². The zero-order valence-corrected chi connectivity index (χ0v) is 20.9. The quantitative estimate of drug-likeness (QED) is 0.400. The van der Waals surface area contributed by atoms with Gasteiger partial charge in [0.1, 0.15) is 11.5 Å². The summed E-state index contributed by atoms with van der Waals surface area (Å²) in [5, 5.41) is 12.4. The molecule has 3 rings (SSSR count). The van der Waals surface area contributed by atoms with Crippen LogP contribution in [-0.4, -0.2) is 33.5 Å². The molecule has 7 nitrogen and oxygen atoms in total. The van der Waals surface area contributed by atoms with Gasteiger partial charge in [-0.1, -0.05) is 31.7 Å². The molecule has 0 saturated heterocycles. The Labute approximate surface area is 199 Å². The molecule has 0 fully saturated rings. The number of methoxy groups -OCH3 is 1. The monoisotopic (exact) mass is 468 g/mol. The molecule has 0 aliphatic heterocycles. The first-order valence-electron chi connectivity index (χ1n) is 11.0. The van der Waals surface area contributed by atoms with Gasteiger partial charge in [-0.2, -0.15) is 0 Å². The SMILES string of the molecule is COc1ccc(OC(C)c2nnc(SCC(=O)Nc3ccc(C)c(C)c3)n2CC(C)C)cc1. The van der Waals surface area contributed by atoms with Gasteiger partial charge in [-0.05, 0) is 74.2 Å². The van der Waals surface area contributed by atoms with Gasteiger partial charge in [0.2, 0.25) is 5.91 Å². The maximum absolute atomic E-state index is 12.5. The number of ether oxygens (including phenoxy) is 2. The Bertz CT molecular complexity index is 1080. The molecule has 0 aliphatic carbocycles. The summed E-state index contributed by atoms with van der Waals surface area (Å²) in [4.78, 5) is 12.5. The molecule has 1 amide bonds. The molecule has 3 aromatic rings. The Balaban J connectivity index is 1.68. The molecule has 1 aromatic heterocycles. The number of aryl methyl sites for hydroxylation is 2. The van der Waals surface area contributed by atoms with E-state index in [4.69, 9.17) is 9.47 Å². The summed E-state index contributed by atoms with van der Waals surface area (Å²) in [5.41, 5.74) is 3.14. The number of hydrogen-bond donors (Lipinski definition) is 1. The molecular weight excluding hydrogens is 436 g/mol. The number of amides is 1. The van der Waals surface area contributed by atoms with Crippen LogP contribution in [0.15, 0.2) is 47.6 Å². The van der Waals surface area contributed by atoms with Crippen molar-refractivity contribution in [3.63, 3.8) is 0 Å². The van der Waals surface area contributed by atoms with Gasteiger partial charge in [-0.25, -0.2) is 0 Å².